The molecule has 0 heterocycles. The predicted molar refractivity (Wildman–Crippen MR) is 63.1 cm³/mol. The molecule has 0 radical (unpaired) electrons. The van der Waals surface area contributed by atoms with Gasteiger partial charge in [0.05, 0.1) is 7.11 Å². The molecule has 0 saturated heterocycles. The fourth-order valence-corrected chi connectivity index (χ4v) is 1.68. The molecule has 0 amide bonds. The summed E-state index contributed by atoms with van der Waals surface area (Å²) in [5.74, 6) is 0.932. The number of hydrogen-bond donors (Lipinski definition) is 2. The summed E-state index contributed by atoms with van der Waals surface area (Å²) in [7, 11) is 1.70. The highest BCUT2D eigenvalue weighted by Gasteiger charge is 2.23. The van der Waals surface area contributed by atoms with Crippen molar-refractivity contribution < 1.29 is 4.74 Å². The minimum atomic E-state index is 0.0198. The molecule has 1 rings (SSSR count). The third-order valence-corrected chi connectivity index (χ3v) is 2.55. The molecule has 0 atom stereocenters. The molecular weight excluding hydrogens is 188 g/mol. The lowest BCUT2D eigenvalue weighted by Crippen LogP contribution is -2.36. The fourth-order valence-electron chi connectivity index (χ4n) is 1.68. The summed E-state index contributed by atoms with van der Waals surface area (Å²) in [6, 6.07) is 8.09. The Labute approximate surface area is 91.6 Å². The van der Waals surface area contributed by atoms with Crippen LogP contribution in [0.15, 0.2) is 24.3 Å². The third kappa shape index (κ3) is 2.94. The van der Waals surface area contributed by atoms with Crippen molar-refractivity contribution in [2.75, 3.05) is 20.3 Å². The lowest BCUT2D eigenvalue weighted by Gasteiger charge is -2.27. The van der Waals surface area contributed by atoms with E-state index in [4.69, 9.17) is 10.5 Å². The van der Waals surface area contributed by atoms with E-state index >= 15 is 0 Å². The van der Waals surface area contributed by atoms with E-state index in [0.717, 1.165) is 12.3 Å². The zero-order valence-electron chi connectivity index (χ0n) is 9.71. The number of rotatable bonds is 5. The van der Waals surface area contributed by atoms with Crippen LogP contribution in [0, 0.1) is 0 Å². The predicted octanol–water partition coefficient (Wildman–Crippen LogP) is 1.48. The SMILES string of the molecule is COc1ccccc1C(C)(C)CNCN. The summed E-state index contributed by atoms with van der Waals surface area (Å²) in [4.78, 5) is 0. The molecule has 0 aliphatic rings. The van der Waals surface area contributed by atoms with Gasteiger partial charge in [-0.2, -0.15) is 0 Å². The molecule has 0 fully saturated rings. The second kappa shape index (κ2) is 5.14. The molecule has 3 nitrogen and oxygen atoms in total. The summed E-state index contributed by atoms with van der Waals surface area (Å²) in [5.41, 5.74) is 6.66. The van der Waals surface area contributed by atoms with Gasteiger partial charge in [0.25, 0.3) is 0 Å². The molecule has 0 bridgehead atoms. The van der Waals surface area contributed by atoms with Gasteiger partial charge < -0.3 is 15.8 Å². The first kappa shape index (κ1) is 12.0. The van der Waals surface area contributed by atoms with Crippen molar-refractivity contribution in [3.63, 3.8) is 0 Å². The second-order valence-electron chi connectivity index (χ2n) is 4.22. The van der Waals surface area contributed by atoms with E-state index in [-0.39, 0.29) is 5.41 Å². The van der Waals surface area contributed by atoms with Crippen LogP contribution >= 0.6 is 0 Å². The highest BCUT2D eigenvalue weighted by molar-refractivity contribution is 5.39. The largest absolute Gasteiger partial charge is 0.496 e. The molecule has 0 aromatic heterocycles. The number of nitrogens with two attached hydrogens (primary N) is 1. The van der Waals surface area contributed by atoms with Gasteiger partial charge in [0.15, 0.2) is 0 Å². The van der Waals surface area contributed by atoms with Crippen LogP contribution in [0.1, 0.15) is 19.4 Å². The Bertz CT molecular complexity index is 310. The van der Waals surface area contributed by atoms with Crippen LogP contribution in [0.25, 0.3) is 0 Å². The first-order valence-electron chi connectivity index (χ1n) is 5.16. The molecule has 1 aromatic rings. The zero-order chi connectivity index (χ0) is 11.3. The van der Waals surface area contributed by atoms with E-state index in [0.29, 0.717) is 6.67 Å². The topological polar surface area (TPSA) is 47.3 Å². The Hall–Kier alpha value is -1.06. The lowest BCUT2D eigenvalue weighted by atomic mass is 9.84. The minimum Gasteiger partial charge on any atom is -0.496 e. The summed E-state index contributed by atoms with van der Waals surface area (Å²) >= 11 is 0. The number of methoxy groups -OCH3 is 1. The van der Waals surface area contributed by atoms with E-state index in [1.165, 1.54) is 5.56 Å². The van der Waals surface area contributed by atoms with E-state index in [9.17, 15) is 0 Å². The quantitative estimate of drug-likeness (QED) is 0.720. The number of hydrogen-bond acceptors (Lipinski definition) is 3. The summed E-state index contributed by atoms with van der Waals surface area (Å²) in [5, 5.41) is 3.16. The molecular formula is C12H20N2O. The van der Waals surface area contributed by atoms with Crippen molar-refractivity contribution in [3.8, 4) is 5.75 Å². The maximum absolute atomic E-state index is 5.44. The summed E-state index contributed by atoms with van der Waals surface area (Å²) in [6.07, 6.45) is 0. The molecule has 0 aliphatic carbocycles. The molecule has 0 spiro atoms. The van der Waals surface area contributed by atoms with Gasteiger partial charge in [0.2, 0.25) is 0 Å². The molecule has 3 heteroatoms. The Morgan fingerprint density at radius 1 is 1.33 bits per heavy atom. The van der Waals surface area contributed by atoms with Crippen LogP contribution < -0.4 is 15.8 Å². The van der Waals surface area contributed by atoms with E-state index in [1.54, 1.807) is 7.11 Å². The average Bonchev–Trinajstić information content (AvgIpc) is 2.26. The number of nitrogens with one attached hydrogen (secondary N) is 1. The van der Waals surface area contributed by atoms with Crippen LogP contribution in [0.3, 0.4) is 0 Å². The van der Waals surface area contributed by atoms with Gasteiger partial charge in [-0.05, 0) is 6.07 Å². The van der Waals surface area contributed by atoms with Crippen molar-refractivity contribution in [1.29, 1.82) is 0 Å². The van der Waals surface area contributed by atoms with Crippen molar-refractivity contribution in [3.05, 3.63) is 29.8 Å². The smallest absolute Gasteiger partial charge is 0.122 e. The van der Waals surface area contributed by atoms with E-state index in [2.05, 4.69) is 25.2 Å². The van der Waals surface area contributed by atoms with Crippen LogP contribution in [0.2, 0.25) is 0 Å². The Morgan fingerprint density at radius 2 is 2.00 bits per heavy atom. The van der Waals surface area contributed by atoms with Crippen molar-refractivity contribution >= 4 is 0 Å². The number of ether oxygens (including phenoxy) is 1. The standard InChI is InChI=1S/C12H20N2O/c1-12(2,8-14-9-13)10-6-4-5-7-11(10)15-3/h4-7,14H,8-9,13H2,1-3H3. The third-order valence-electron chi connectivity index (χ3n) is 2.55. The number of benzene rings is 1. The van der Waals surface area contributed by atoms with E-state index in [1.807, 2.05) is 18.2 Å². The van der Waals surface area contributed by atoms with Crippen LogP contribution in [0.5, 0.6) is 5.75 Å². The van der Waals surface area contributed by atoms with E-state index < -0.39 is 0 Å². The highest BCUT2D eigenvalue weighted by Crippen LogP contribution is 2.30. The normalized spacial score (nSPS) is 11.5. The minimum absolute atomic E-state index is 0.0198. The fraction of sp³-hybridized carbons (Fsp3) is 0.500. The van der Waals surface area contributed by atoms with Gasteiger partial charge >= 0.3 is 0 Å². The van der Waals surface area contributed by atoms with Gasteiger partial charge in [-0.1, -0.05) is 32.0 Å². The van der Waals surface area contributed by atoms with Crippen LogP contribution in [-0.2, 0) is 5.41 Å². The van der Waals surface area contributed by atoms with Crippen molar-refractivity contribution in [2.45, 2.75) is 19.3 Å². The van der Waals surface area contributed by atoms with Crippen LogP contribution in [-0.4, -0.2) is 20.3 Å². The molecule has 15 heavy (non-hydrogen) atoms. The molecule has 3 N–H and O–H groups in total. The van der Waals surface area contributed by atoms with Gasteiger partial charge in [0.1, 0.15) is 5.75 Å². The summed E-state index contributed by atoms with van der Waals surface area (Å²) in [6.45, 7) is 5.68. The van der Waals surface area contributed by atoms with Crippen LogP contribution in [0.4, 0.5) is 0 Å². The van der Waals surface area contributed by atoms with Crippen molar-refractivity contribution in [2.24, 2.45) is 5.73 Å². The molecule has 0 unspecified atom stereocenters. The van der Waals surface area contributed by atoms with Gasteiger partial charge in [0, 0.05) is 24.2 Å². The number of para-hydroxylation sites is 1. The average molecular weight is 208 g/mol. The lowest BCUT2D eigenvalue weighted by molar-refractivity contribution is 0.386. The first-order chi connectivity index (χ1) is 7.11. The highest BCUT2D eigenvalue weighted by atomic mass is 16.5. The maximum atomic E-state index is 5.44. The Kier molecular flexibility index (Phi) is 4.12. The Morgan fingerprint density at radius 3 is 2.60 bits per heavy atom. The maximum Gasteiger partial charge on any atom is 0.122 e. The molecule has 84 valence electrons. The monoisotopic (exact) mass is 208 g/mol. The second-order valence-corrected chi connectivity index (χ2v) is 4.22. The molecule has 0 aliphatic heterocycles. The Balaban J connectivity index is 2.92. The zero-order valence-corrected chi connectivity index (χ0v) is 9.71. The van der Waals surface area contributed by atoms with Gasteiger partial charge in [-0.15, -0.1) is 0 Å². The summed E-state index contributed by atoms with van der Waals surface area (Å²) < 4.78 is 5.35. The first-order valence-corrected chi connectivity index (χ1v) is 5.16. The van der Waals surface area contributed by atoms with Crippen molar-refractivity contribution in [1.82, 2.24) is 5.32 Å². The molecule has 1 aromatic carbocycles. The molecule has 0 saturated carbocycles. The van der Waals surface area contributed by atoms with Gasteiger partial charge in [-0.25, -0.2) is 0 Å². The van der Waals surface area contributed by atoms with Gasteiger partial charge in [-0.3, -0.25) is 0 Å².